The molecule has 1 heterocycles. The molecule has 0 fully saturated rings. The molecule has 16 heavy (non-hydrogen) atoms. The summed E-state index contributed by atoms with van der Waals surface area (Å²) in [7, 11) is 5.40. The summed E-state index contributed by atoms with van der Waals surface area (Å²) in [6.07, 6.45) is 4.75. The molecule has 92 valence electrons. The number of hydrogen-bond donors (Lipinski definition) is 2. The summed E-state index contributed by atoms with van der Waals surface area (Å²) < 4.78 is 0.419. The number of aliphatic hydroxyl groups is 1. The van der Waals surface area contributed by atoms with Crippen LogP contribution in [0.15, 0.2) is 17.4 Å². The molecule has 0 spiro atoms. The number of nitrogens with zero attached hydrogens (tertiary/aromatic N) is 2. The Morgan fingerprint density at radius 1 is 1.56 bits per heavy atom. The van der Waals surface area contributed by atoms with Crippen molar-refractivity contribution in [3.05, 3.63) is 12.4 Å². The van der Waals surface area contributed by atoms with Gasteiger partial charge in [-0.15, -0.1) is 0 Å². The Morgan fingerprint density at radius 3 is 2.25 bits per heavy atom. The Hall–Kier alpha value is -1.24. The lowest BCUT2D eigenvalue weighted by molar-refractivity contribution is -0.864. The molecule has 2 N–H and O–H groups in total. The first-order valence-corrected chi connectivity index (χ1v) is 4.97. The van der Waals surface area contributed by atoms with Crippen molar-refractivity contribution in [3.8, 4) is 0 Å². The molecule has 0 bridgehead atoms. The minimum absolute atomic E-state index is 0.0694. The van der Waals surface area contributed by atoms with E-state index < -0.39 is 5.97 Å². The van der Waals surface area contributed by atoms with Gasteiger partial charge in [-0.2, -0.15) is 0 Å². The summed E-state index contributed by atoms with van der Waals surface area (Å²) in [5, 5.41) is 18.8. The fraction of sp³-hybridized carbons (Fsp3) is 0.600. The van der Waals surface area contributed by atoms with Gasteiger partial charge in [0.25, 0.3) is 0 Å². The highest BCUT2D eigenvalue weighted by molar-refractivity contribution is 5.65. The molecule has 0 aromatic carbocycles. The fourth-order valence-corrected chi connectivity index (χ4v) is 0.936. The van der Waals surface area contributed by atoms with E-state index in [1.165, 1.54) is 0 Å². The average molecular weight is 230 g/mol. The van der Waals surface area contributed by atoms with Gasteiger partial charge in [-0.25, -0.2) is 9.89 Å². The van der Waals surface area contributed by atoms with E-state index in [1.54, 1.807) is 46.8 Å². The van der Waals surface area contributed by atoms with Crippen LogP contribution in [0, 0.1) is 0 Å². The number of hydrogen-bond acceptors (Lipinski definition) is 4. The minimum atomic E-state index is -1.00. The zero-order valence-corrected chi connectivity index (χ0v) is 10.2. The van der Waals surface area contributed by atoms with Crippen LogP contribution in [-0.2, 0) is 4.79 Å². The van der Waals surface area contributed by atoms with Crippen LogP contribution in [0.3, 0.4) is 0 Å². The van der Waals surface area contributed by atoms with Crippen molar-refractivity contribution in [1.29, 1.82) is 0 Å². The molecule has 0 aliphatic carbocycles. The van der Waals surface area contributed by atoms with E-state index in [1.807, 2.05) is 0 Å². The first-order chi connectivity index (χ1) is 7.22. The molecule has 0 amide bonds. The van der Waals surface area contributed by atoms with Crippen LogP contribution in [0.1, 0.15) is 6.92 Å². The molecule has 2 atom stereocenters. The maximum atomic E-state index is 9.89. The third kappa shape index (κ3) is 8.10. The molecule has 6 heteroatoms. The second-order valence-electron chi connectivity index (χ2n) is 4.59. The summed E-state index contributed by atoms with van der Waals surface area (Å²) in [4.78, 5) is 14.6. The molecule has 1 rings (SSSR count). The molecule has 0 aromatic heterocycles. The highest BCUT2D eigenvalue weighted by Gasteiger charge is 2.10. The summed E-state index contributed by atoms with van der Waals surface area (Å²) in [5.41, 5.74) is 0. The van der Waals surface area contributed by atoms with Crippen LogP contribution in [0.4, 0.5) is 0 Å². The van der Waals surface area contributed by atoms with Crippen LogP contribution >= 0.6 is 0 Å². The van der Waals surface area contributed by atoms with E-state index in [-0.39, 0.29) is 12.8 Å². The van der Waals surface area contributed by atoms with Gasteiger partial charge in [0, 0.05) is 6.92 Å². The standard InChI is InChI=1S/C5H8N2O.C5H11NO2/c1-5(8)7-3-2-6-4-7;1-6(2,3)4-5(7)8/h2-5,8H,1H3;4H2,1-3H3/p+1. The average Bonchev–Trinajstić information content (AvgIpc) is 2.50. The van der Waals surface area contributed by atoms with Crippen molar-refractivity contribution in [2.45, 2.75) is 13.2 Å². The van der Waals surface area contributed by atoms with Crippen molar-refractivity contribution in [2.24, 2.45) is 4.99 Å². The molecular formula is C10H20N3O3+. The van der Waals surface area contributed by atoms with E-state index in [2.05, 4.69) is 4.99 Å². The van der Waals surface area contributed by atoms with Crippen molar-refractivity contribution < 1.29 is 24.4 Å². The zero-order valence-electron chi connectivity index (χ0n) is 10.2. The van der Waals surface area contributed by atoms with Gasteiger partial charge in [0.2, 0.25) is 0 Å². The monoisotopic (exact) mass is 230 g/mol. The minimum Gasteiger partial charge on any atom is -0.544 e. The van der Waals surface area contributed by atoms with Gasteiger partial charge in [0.05, 0.1) is 33.3 Å². The Kier molecular flexibility index (Phi) is 5.87. The Labute approximate surface area is 95.7 Å². The van der Waals surface area contributed by atoms with Crippen molar-refractivity contribution in [2.75, 3.05) is 27.7 Å². The number of carbonyl (C=O) groups excluding carboxylic acids is 1. The fourth-order valence-electron chi connectivity index (χ4n) is 0.936. The van der Waals surface area contributed by atoms with Crippen molar-refractivity contribution in [3.63, 3.8) is 0 Å². The number of carboxylic acids is 1. The number of aliphatic hydroxyl groups excluding tert-OH is 1. The topological polar surface area (TPSA) is 77.2 Å². The quantitative estimate of drug-likeness (QED) is 0.513. The summed E-state index contributed by atoms with van der Waals surface area (Å²) in [5.74, 6) is -1.00. The SMILES string of the molecule is CC(O)[NH+]1C=CN=C1.C[N+](C)(C)CC(=O)[O-]. The number of carboxylic acid groups (broad SMARTS) is 1. The van der Waals surface area contributed by atoms with Gasteiger partial charge < -0.3 is 19.5 Å². The van der Waals surface area contributed by atoms with Crippen molar-refractivity contribution >= 4 is 12.3 Å². The molecule has 2 unspecified atom stereocenters. The molecule has 1 aliphatic rings. The molecule has 0 radical (unpaired) electrons. The largest absolute Gasteiger partial charge is 0.544 e. The van der Waals surface area contributed by atoms with E-state index in [0.29, 0.717) is 4.48 Å². The van der Waals surface area contributed by atoms with Crippen LogP contribution in [0.5, 0.6) is 0 Å². The molecule has 0 aromatic rings. The lowest BCUT2D eigenvalue weighted by atomic mass is 10.5. The van der Waals surface area contributed by atoms with Gasteiger partial charge in [0.15, 0.2) is 12.6 Å². The number of rotatable bonds is 3. The summed E-state index contributed by atoms with van der Waals surface area (Å²) >= 11 is 0. The maximum absolute atomic E-state index is 9.89. The lowest BCUT2D eigenvalue weighted by Crippen LogP contribution is -3.09. The van der Waals surface area contributed by atoms with Gasteiger partial charge in [-0.1, -0.05) is 0 Å². The van der Waals surface area contributed by atoms with Gasteiger partial charge in [0.1, 0.15) is 12.7 Å². The first kappa shape index (κ1) is 14.8. The van der Waals surface area contributed by atoms with Crippen LogP contribution in [0.25, 0.3) is 0 Å². The van der Waals surface area contributed by atoms with Crippen LogP contribution in [-0.4, -0.2) is 55.8 Å². The molecule has 1 aliphatic heterocycles. The lowest BCUT2D eigenvalue weighted by Gasteiger charge is -2.23. The predicted octanol–water partition coefficient (Wildman–Crippen LogP) is -2.83. The predicted molar refractivity (Wildman–Crippen MR) is 58.2 cm³/mol. The van der Waals surface area contributed by atoms with E-state index >= 15 is 0 Å². The van der Waals surface area contributed by atoms with E-state index in [0.717, 1.165) is 4.90 Å². The second kappa shape index (κ2) is 6.37. The molecule has 0 saturated heterocycles. The third-order valence-electron chi connectivity index (χ3n) is 1.66. The van der Waals surface area contributed by atoms with Crippen molar-refractivity contribution in [1.82, 2.24) is 0 Å². The number of nitrogens with one attached hydrogen (secondary N) is 1. The Balaban J connectivity index is 0.000000281. The first-order valence-electron chi connectivity index (χ1n) is 4.97. The molecular weight excluding hydrogens is 210 g/mol. The Morgan fingerprint density at radius 2 is 2.12 bits per heavy atom. The number of aliphatic carboxylic acids is 1. The van der Waals surface area contributed by atoms with Crippen LogP contribution < -0.4 is 10.0 Å². The number of aliphatic imine (C=N–C) groups is 1. The zero-order chi connectivity index (χ0) is 12.8. The number of carbonyl (C=O) groups is 1. The van der Waals surface area contributed by atoms with Crippen LogP contribution in [0.2, 0.25) is 0 Å². The number of quaternary nitrogens is 2. The molecule has 0 saturated carbocycles. The van der Waals surface area contributed by atoms with E-state index in [9.17, 15) is 9.90 Å². The van der Waals surface area contributed by atoms with E-state index in [4.69, 9.17) is 5.11 Å². The Bertz CT molecular complexity index is 268. The summed E-state index contributed by atoms with van der Waals surface area (Å²) in [6, 6.07) is 0. The smallest absolute Gasteiger partial charge is 0.195 e. The summed E-state index contributed by atoms with van der Waals surface area (Å²) in [6.45, 7) is 1.79. The van der Waals surface area contributed by atoms with Gasteiger partial charge >= 0.3 is 0 Å². The number of likely N-dealkylation sites (N-methyl/N-ethyl adjacent to an activating group) is 1. The van der Waals surface area contributed by atoms with Gasteiger partial charge in [-0.3, -0.25) is 0 Å². The maximum Gasteiger partial charge on any atom is 0.195 e. The second-order valence-corrected chi connectivity index (χ2v) is 4.59. The highest BCUT2D eigenvalue weighted by atomic mass is 16.4. The van der Waals surface area contributed by atoms with Gasteiger partial charge in [-0.05, 0) is 0 Å². The highest BCUT2D eigenvalue weighted by Crippen LogP contribution is 1.84. The normalized spacial score (nSPS) is 20.2. The molecule has 6 nitrogen and oxygen atoms in total. The third-order valence-corrected chi connectivity index (χ3v) is 1.66.